The van der Waals surface area contributed by atoms with Crippen LogP contribution >= 0.6 is 0 Å². The summed E-state index contributed by atoms with van der Waals surface area (Å²) in [7, 11) is 0. The molecule has 2 amide bonds. The van der Waals surface area contributed by atoms with E-state index in [1.165, 1.54) is 0 Å². The number of benzene rings is 1. The summed E-state index contributed by atoms with van der Waals surface area (Å²) in [5, 5.41) is 3.11. The predicted molar refractivity (Wildman–Crippen MR) is 133 cm³/mol. The van der Waals surface area contributed by atoms with Gasteiger partial charge in [0.1, 0.15) is 0 Å². The third-order valence-corrected chi connectivity index (χ3v) is 6.71. The Morgan fingerprint density at radius 1 is 1.00 bits per heavy atom. The second-order valence-corrected chi connectivity index (χ2v) is 9.49. The van der Waals surface area contributed by atoms with Crippen LogP contribution in [0.15, 0.2) is 36.7 Å². The summed E-state index contributed by atoms with van der Waals surface area (Å²) < 4.78 is 0. The Morgan fingerprint density at radius 2 is 1.71 bits per heavy atom. The number of aromatic nitrogens is 2. The number of carbonyl (C=O) groups is 2. The first-order valence-corrected chi connectivity index (χ1v) is 12.4. The molecule has 1 unspecified atom stereocenters. The molecule has 34 heavy (non-hydrogen) atoms. The second-order valence-electron chi connectivity index (χ2n) is 9.49. The summed E-state index contributed by atoms with van der Waals surface area (Å²) in [6.07, 6.45) is 6.19. The number of nitrogens with zero attached hydrogens (tertiary/aromatic N) is 5. The molecule has 2 fully saturated rings. The molecule has 8 nitrogen and oxygen atoms in total. The zero-order chi connectivity index (χ0) is 23.9. The molecule has 1 aromatic heterocycles. The van der Waals surface area contributed by atoms with Crippen LogP contribution in [-0.4, -0.2) is 83.9 Å². The van der Waals surface area contributed by atoms with Gasteiger partial charge in [-0.3, -0.25) is 14.5 Å². The van der Waals surface area contributed by atoms with Gasteiger partial charge in [0, 0.05) is 63.8 Å². The highest BCUT2D eigenvalue weighted by Gasteiger charge is 2.29. The molecule has 2 aliphatic heterocycles. The molecule has 3 heterocycles. The number of piperazine rings is 1. The van der Waals surface area contributed by atoms with Crippen molar-refractivity contribution < 1.29 is 9.59 Å². The van der Waals surface area contributed by atoms with Crippen molar-refractivity contribution in [3.05, 3.63) is 53.3 Å². The quantitative estimate of drug-likeness (QED) is 0.633. The Kier molecular flexibility index (Phi) is 8.11. The van der Waals surface area contributed by atoms with Crippen LogP contribution in [0.25, 0.3) is 0 Å². The van der Waals surface area contributed by atoms with Crippen molar-refractivity contribution in [3.63, 3.8) is 0 Å². The molecule has 2 saturated heterocycles. The fourth-order valence-electron chi connectivity index (χ4n) is 4.94. The number of anilines is 1. The van der Waals surface area contributed by atoms with Gasteiger partial charge in [-0.15, -0.1) is 0 Å². The van der Waals surface area contributed by atoms with E-state index in [-0.39, 0.29) is 17.7 Å². The molecule has 1 aromatic carbocycles. The van der Waals surface area contributed by atoms with Crippen molar-refractivity contribution >= 4 is 17.8 Å². The second kappa shape index (κ2) is 11.4. The van der Waals surface area contributed by atoms with E-state index in [9.17, 15) is 9.59 Å². The summed E-state index contributed by atoms with van der Waals surface area (Å²) in [6.45, 7) is 10.7. The lowest BCUT2D eigenvalue weighted by Crippen LogP contribution is -2.48. The molecule has 0 saturated carbocycles. The van der Waals surface area contributed by atoms with Crippen LogP contribution in [0, 0.1) is 19.8 Å². The van der Waals surface area contributed by atoms with Gasteiger partial charge in [0.05, 0.1) is 5.92 Å². The van der Waals surface area contributed by atoms with Crippen LogP contribution in [0.1, 0.15) is 40.7 Å². The lowest BCUT2D eigenvalue weighted by molar-refractivity contribution is -0.126. The summed E-state index contributed by atoms with van der Waals surface area (Å²) in [5.74, 6) is 0.776. The zero-order valence-electron chi connectivity index (χ0n) is 20.4. The largest absolute Gasteiger partial charge is 0.356 e. The number of likely N-dealkylation sites (tertiary alicyclic amines) is 1. The fourth-order valence-corrected chi connectivity index (χ4v) is 4.94. The van der Waals surface area contributed by atoms with E-state index in [1.807, 2.05) is 36.9 Å². The summed E-state index contributed by atoms with van der Waals surface area (Å²) >= 11 is 0. The first-order chi connectivity index (χ1) is 16.5. The predicted octanol–water partition coefficient (Wildman–Crippen LogP) is 2.27. The molecule has 0 spiro atoms. The van der Waals surface area contributed by atoms with Crippen LogP contribution in [0.4, 0.5) is 5.95 Å². The highest BCUT2D eigenvalue weighted by molar-refractivity contribution is 5.95. The lowest BCUT2D eigenvalue weighted by atomic mass is 9.96. The summed E-state index contributed by atoms with van der Waals surface area (Å²) in [4.78, 5) is 40.9. The number of nitrogens with one attached hydrogen (secondary N) is 1. The Morgan fingerprint density at radius 3 is 2.41 bits per heavy atom. The molecular formula is C26H36N6O2. The first kappa shape index (κ1) is 24.1. The molecule has 1 N–H and O–H groups in total. The number of carbonyl (C=O) groups excluding carboxylic acids is 2. The van der Waals surface area contributed by atoms with E-state index in [4.69, 9.17) is 0 Å². The van der Waals surface area contributed by atoms with E-state index < -0.39 is 0 Å². The Labute approximate surface area is 202 Å². The first-order valence-electron chi connectivity index (χ1n) is 12.4. The highest BCUT2D eigenvalue weighted by Crippen LogP contribution is 2.20. The molecule has 0 aliphatic carbocycles. The van der Waals surface area contributed by atoms with E-state index >= 15 is 0 Å². The minimum atomic E-state index is -0.127. The number of hydrogen-bond acceptors (Lipinski definition) is 6. The van der Waals surface area contributed by atoms with Crippen LogP contribution in [0.2, 0.25) is 0 Å². The minimum Gasteiger partial charge on any atom is -0.356 e. The van der Waals surface area contributed by atoms with Gasteiger partial charge in [-0.2, -0.15) is 0 Å². The third-order valence-electron chi connectivity index (χ3n) is 6.71. The van der Waals surface area contributed by atoms with Gasteiger partial charge in [-0.25, -0.2) is 9.97 Å². The van der Waals surface area contributed by atoms with E-state index in [1.54, 1.807) is 12.4 Å². The number of piperidine rings is 1. The van der Waals surface area contributed by atoms with Gasteiger partial charge in [-0.05, 0) is 57.9 Å². The Hall–Kier alpha value is -3.00. The number of hydrogen-bond donors (Lipinski definition) is 1. The Bertz CT molecular complexity index is 954. The smallest absolute Gasteiger partial charge is 0.253 e. The van der Waals surface area contributed by atoms with Crippen molar-refractivity contribution in [3.8, 4) is 0 Å². The van der Waals surface area contributed by atoms with Gasteiger partial charge < -0.3 is 15.1 Å². The maximum Gasteiger partial charge on any atom is 0.253 e. The van der Waals surface area contributed by atoms with Crippen LogP contribution in [-0.2, 0) is 4.79 Å². The van der Waals surface area contributed by atoms with E-state index in [0.29, 0.717) is 13.1 Å². The molecule has 2 aliphatic rings. The SMILES string of the molecule is Cc1cc(C)cc(C(=O)N2CCCC(C(=O)NCCCN3CCN(c4ncccn4)CC3)C2)c1. The van der Waals surface area contributed by atoms with Gasteiger partial charge in [0.25, 0.3) is 5.91 Å². The van der Waals surface area contributed by atoms with Crippen LogP contribution in [0.3, 0.4) is 0 Å². The lowest BCUT2D eigenvalue weighted by Gasteiger charge is -2.34. The maximum atomic E-state index is 13.0. The third kappa shape index (κ3) is 6.32. The topological polar surface area (TPSA) is 81.7 Å². The summed E-state index contributed by atoms with van der Waals surface area (Å²) in [6, 6.07) is 7.78. The number of aryl methyl sites for hydroxylation is 2. The van der Waals surface area contributed by atoms with Gasteiger partial charge in [-0.1, -0.05) is 17.2 Å². The number of rotatable bonds is 7. The monoisotopic (exact) mass is 464 g/mol. The van der Waals surface area contributed by atoms with Crippen LogP contribution < -0.4 is 10.2 Å². The molecule has 0 bridgehead atoms. The standard InChI is InChI=1S/C26H36N6O2/c1-20-16-21(2)18-23(17-20)25(34)32-11-3-6-22(19-32)24(33)27-9-5-10-30-12-14-31(15-13-30)26-28-7-4-8-29-26/h4,7-8,16-18,22H,3,5-6,9-15,19H2,1-2H3,(H,27,33). The van der Waals surface area contributed by atoms with Crippen molar-refractivity contribution in [1.82, 2.24) is 25.1 Å². The van der Waals surface area contributed by atoms with Crippen LogP contribution in [0.5, 0.6) is 0 Å². The van der Waals surface area contributed by atoms with Crippen molar-refractivity contribution in [2.24, 2.45) is 5.92 Å². The van der Waals surface area contributed by atoms with Crippen molar-refractivity contribution in [2.45, 2.75) is 33.1 Å². The maximum absolute atomic E-state index is 13.0. The highest BCUT2D eigenvalue weighted by atomic mass is 16.2. The minimum absolute atomic E-state index is 0.0318. The normalized spacial score (nSPS) is 19.2. The fraction of sp³-hybridized carbons (Fsp3) is 0.538. The van der Waals surface area contributed by atoms with E-state index in [0.717, 1.165) is 81.2 Å². The van der Waals surface area contributed by atoms with Crippen molar-refractivity contribution in [1.29, 1.82) is 0 Å². The molecular weight excluding hydrogens is 428 g/mol. The molecule has 4 rings (SSSR count). The van der Waals surface area contributed by atoms with Gasteiger partial charge in [0.15, 0.2) is 0 Å². The van der Waals surface area contributed by atoms with E-state index in [2.05, 4.69) is 31.2 Å². The number of amides is 2. The van der Waals surface area contributed by atoms with Gasteiger partial charge >= 0.3 is 0 Å². The van der Waals surface area contributed by atoms with Crippen molar-refractivity contribution in [2.75, 3.05) is 57.3 Å². The molecule has 1 atom stereocenters. The molecule has 0 radical (unpaired) electrons. The summed E-state index contributed by atoms with van der Waals surface area (Å²) in [5.41, 5.74) is 2.89. The molecule has 8 heteroatoms. The average molecular weight is 465 g/mol. The zero-order valence-corrected chi connectivity index (χ0v) is 20.4. The molecule has 2 aromatic rings. The van der Waals surface area contributed by atoms with Gasteiger partial charge in [0.2, 0.25) is 11.9 Å². The molecule has 182 valence electrons. The Balaban J connectivity index is 1.17. The average Bonchev–Trinajstić information content (AvgIpc) is 2.86.